The second-order valence-electron chi connectivity index (χ2n) is 10.2. The summed E-state index contributed by atoms with van der Waals surface area (Å²) >= 11 is 1.38. The highest BCUT2D eigenvalue weighted by Gasteiger charge is 2.37. The first-order chi connectivity index (χ1) is 19.8. The molecule has 12 nitrogen and oxygen atoms in total. The fourth-order valence-electron chi connectivity index (χ4n) is 4.63. The summed E-state index contributed by atoms with van der Waals surface area (Å²) in [4.78, 5) is 40.6. The van der Waals surface area contributed by atoms with E-state index in [2.05, 4.69) is 25.3 Å². The molecule has 3 fully saturated rings. The van der Waals surface area contributed by atoms with Gasteiger partial charge in [-0.15, -0.1) is 11.3 Å². The summed E-state index contributed by atoms with van der Waals surface area (Å²) in [7, 11) is -3.35. The van der Waals surface area contributed by atoms with E-state index in [1.165, 1.54) is 23.5 Å². The van der Waals surface area contributed by atoms with Gasteiger partial charge >= 0.3 is 5.97 Å². The van der Waals surface area contributed by atoms with Crippen molar-refractivity contribution in [1.82, 2.24) is 14.8 Å². The molecule has 0 spiro atoms. The average Bonchev–Trinajstić information content (AvgIpc) is 3.54. The Balaban J connectivity index is 1.21. The maximum Gasteiger partial charge on any atom is 0.320 e. The highest BCUT2D eigenvalue weighted by Crippen LogP contribution is 2.33. The molecule has 0 unspecified atom stereocenters. The summed E-state index contributed by atoms with van der Waals surface area (Å²) in [6.07, 6.45) is 3.52. The zero-order valence-electron chi connectivity index (χ0n) is 23.0. The molecular formula is C27H35N5O7S2. The lowest BCUT2D eigenvalue weighted by Gasteiger charge is -2.33. The monoisotopic (exact) mass is 605 g/mol. The number of aromatic nitrogens is 1. The topological polar surface area (TPSA) is 140 Å². The third-order valence-electron chi connectivity index (χ3n) is 7.09. The van der Waals surface area contributed by atoms with Gasteiger partial charge in [0.15, 0.2) is 26.8 Å². The number of nitrogens with one attached hydrogen (secondary N) is 1. The van der Waals surface area contributed by atoms with Crippen LogP contribution < -0.4 is 5.32 Å². The Labute approximate surface area is 243 Å². The van der Waals surface area contributed by atoms with Crippen molar-refractivity contribution >= 4 is 43.9 Å². The van der Waals surface area contributed by atoms with Gasteiger partial charge < -0.3 is 14.3 Å². The van der Waals surface area contributed by atoms with E-state index in [4.69, 9.17) is 14.3 Å². The van der Waals surface area contributed by atoms with Crippen LogP contribution in [0.25, 0.3) is 0 Å². The van der Waals surface area contributed by atoms with Gasteiger partial charge in [0, 0.05) is 55.8 Å². The van der Waals surface area contributed by atoms with Crippen LogP contribution >= 0.6 is 11.3 Å². The number of esters is 1. The number of hydrogen-bond acceptors (Lipinski definition) is 12. The van der Waals surface area contributed by atoms with Crippen molar-refractivity contribution in [3.63, 3.8) is 0 Å². The molecule has 1 aromatic carbocycles. The number of rotatable bonds is 12. The summed E-state index contributed by atoms with van der Waals surface area (Å²) in [5, 5.41) is 7.08. The molecule has 41 heavy (non-hydrogen) atoms. The molecular weight excluding hydrogens is 570 g/mol. The van der Waals surface area contributed by atoms with E-state index in [-0.39, 0.29) is 27.9 Å². The van der Waals surface area contributed by atoms with Crippen LogP contribution in [0.5, 0.6) is 0 Å². The molecule has 2 saturated heterocycles. The summed E-state index contributed by atoms with van der Waals surface area (Å²) in [6, 6.07) is 6.19. The van der Waals surface area contributed by atoms with Crippen LogP contribution in [-0.2, 0) is 40.3 Å². The molecule has 3 heterocycles. The van der Waals surface area contributed by atoms with Crippen LogP contribution in [0.1, 0.15) is 36.6 Å². The quantitative estimate of drug-likeness (QED) is 0.217. The number of oxime groups is 1. The van der Waals surface area contributed by atoms with Crippen LogP contribution in [0.15, 0.2) is 40.5 Å². The van der Waals surface area contributed by atoms with Crippen molar-refractivity contribution in [2.45, 2.75) is 49.0 Å². The maximum atomic E-state index is 13.3. The molecule has 0 radical (unpaired) electrons. The number of thiazole rings is 1. The smallest absolute Gasteiger partial charge is 0.320 e. The first kappa shape index (κ1) is 29.6. The molecule has 2 aromatic rings. The van der Waals surface area contributed by atoms with E-state index in [1.807, 2.05) is 0 Å². The Kier molecular flexibility index (Phi) is 9.65. The molecule has 1 aliphatic carbocycles. The molecule has 14 heteroatoms. The zero-order chi connectivity index (χ0) is 28.8. The number of nitrogens with zero attached hydrogens (tertiary/aromatic N) is 4. The van der Waals surface area contributed by atoms with Gasteiger partial charge in [-0.3, -0.25) is 24.7 Å². The predicted octanol–water partition coefficient (Wildman–Crippen LogP) is 1.91. The van der Waals surface area contributed by atoms with Gasteiger partial charge in [0.1, 0.15) is 0 Å². The first-order valence-electron chi connectivity index (χ1n) is 13.8. The van der Waals surface area contributed by atoms with Gasteiger partial charge in [-0.1, -0.05) is 17.3 Å². The summed E-state index contributed by atoms with van der Waals surface area (Å²) in [5.74, 6) is -0.705. The largest absolute Gasteiger partial charge is 0.465 e. The Bertz CT molecular complexity index is 1340. The van der Waals surface area contributed by atoms with Gasteiger partial charge in [-0.05, 0) is 31.9 Å². The van der Waals surface area contributed by atoms with Gasteiger partial charge in [-0.2, -0.15) is 0 Å². The normalized spacial score (nSPS) is 20.6. The predicted molar refractivity (Wildman–Crippen MR) is 153 cm³/mol. The Morgan fingerprint density at radius 1 is 1.12 bits per heavy atom. The van der Waals surface area contributed by atoms with Crippen LogP contribution in [-0.4, -0.2) is 105 Å². The molecule has 1 aromatic heterocycles. The number of carbonyl (C=O) groups excluding carboxylic acids is 2. The highest BCUT2D eigenvalue weighted by molar-refractivity contribution is 7.92. The lowest BCUT2D eigenvalue weighted by Crippen LogP contribution is -2.47. The van der Waals surface area contributed by atoms with Crippen molar-refractivity contribution in [2.24, 2.45) is 5.16 Å². The molecule has 1 atom stereocenters. The molecule has 222 valence electrons. The zero-order valence-corrected chi connectivity index (χ0v) is 24.6. The minimum atomic E-state index is -3.35. The van der Waals surface area contributed by atoms with E-state index in [0.29, 0.717) is 62.9 Å². The lowest BCUT2D eigenvalue weighted by molar-refractivity contribution is -0.144. The molecule has 2 aliphatic heterocycles. The number of sulfone groups is 1. The summed E-state index contributed by atoms with van der Waals surface area (Å²) in [5.41, 5.74) is 0.468. The minimum Gasteiger partial charge on any atom is -0.465 e. The molecule has 0 bridgehead atoms. The summed E-state index contributed by atoms with van der Waals surface area (Å²) in [6.45, 7) is 7.30. The van der Waals surface area contributed by atoms with E-state index in [9.17, 15) is 18.0 Å². The van der Waals surface area contributed by atoms with Crippen molar-refractivity contribution in [2.75, 3.05) is 57.9 Å². The van der Waals surface area contributed by atoms with Crippen LogP contribution in [0.2, 0.25) is 0 Å². The Morgan fingerprint density at radius 2 is 1.85 bits per heavy atom. The van der Waals surface area contributed by atoms with Crippen molar-refractivity contribution < 1.29 is 32.3 Å². The van der Waals surface area contributed by atoms with Crippen molar-refractivity contribution in [3.05, 3.63) is 40.9 Å². The molecule has 1 saturated carbocycles. The Hall–Kier alpha value is -2.91. The molecule has 5 rings (SSSR count). The molecule has 1 N–H and O–H groups in total. The van der Waals surface area contributed by atoms with E-state index in [0.717, 1.165) is 31.1 Å². The number of benzene rings is 1. The highest BCUT2D eigenvalue weighted by atomic mass is 32.2. The average molecular weight is 606 g/mol. The molecule has 1 amide bonds. The minimum absolute atomic E-state index is 0.0294. The maximum absolute atomic E-state index is 13.3. The number of anilines is 1. The number of carbonyl (C=O) groups is 2. The standard InChI is InChI=1S/C27H35N5O7S2/c1-2-38-24(33)17-32-12-10-31(11-13-32)16-21-15-28-27(40-21)29-26(34)25(30-39-20-9-14-37-18-20)19-3-5-22(6-4-19)41(35,36)23-7-8-23/h3-6,15,20,23H,2,7-14,16-18H2,1H3,(H,28,29,34)/b30-25+/t20-/m1/s1. The second kappa shape index (κ2) is 13.4. The van der Waals surface area contributed by atoms with Gasteiger partial charge in [-0.25, -0.2) is 13.4 Å². The van der Waals surface area contributed by atoms with Gasteiger partial charge in [0.2, 0.25) is 0 Å². The van der Waals surface area contributed by atoms with Gasteiger partial charge in [0.05, 0.1) is 36.5 Å². The van der Waals surface area contributed by atoms with E-state index < -0.39 is 15.7 Å². The van der Waals surface area contributed by atoms with Crippen LogP contribution in [0.4, 0.5) is 5.13 Å². The fourth-order valence-corrected chi connectivity index (χ4v) is 7.14. The van der Waals surface area contributed by atoms with Crippen LogP contribution in [0, 0.1) is 0 Å². The Morgan fingerprint density at radius 3 is 2.51 bits per heavy atom. The molecule has 3 aliphatic rings. The fraction of sp³-hybridized carbons (Fsp3) is 0.556. The first-order valence-corrected chi connectivity index (χ1v) is 16.2. The number of hydrogen-bond donors (Lipinski definition) is 1. The van der Waals surface area contributed by atoms with Crippen LogP contribution in [0.3, 0.4) is 0 Å². The number of ether oxygens (including phenoxy) is 2. The number of piperazine rings is 1. The van der Waals surface area contributed by atoms with Gasteiger partial charge in [0.25, 0.3) is 5.91 Å². The SMILES string of the molecule is CCOC(=O)CN1CCN(Cc2cnc(NC(=O)/C(=N/O[C@@H]3CCOC3)c3ccc(S(=O)(=O)C4CC4)cc3)s2)CC1. The van der Waals surface area contributed by atoms with E-state index in [1.54, 1.807) is 25.3 Å². The van der Waals surface area contributed by atoms with E-state index >= 15 is 0 Å². The third-order valence-corrected chi connectivity index (χ3v) is 10.3. The van der Waals surface area contributed by atoms with Crippen molar-refractivity contribution in [3.8, 4) is 0 Å². The van der Waals surface area contributed by atoms with Crippen molar-refractivity contribution in [1.29, 1.82) is 0 Å². The number of amides is 1. The lowest BCUT2D eigenvalue weighted by atomic mass is 10.1. The second-order valence-corrected chi connectivity index (χ2v) is 13.6. The third kappa shape index (κ3) is 7.89. The summed E-state index contributed by atoms with van der Waals surface area (Å²) < 4.78 is 35.6.